The third kappa shape index (κ3) is 5.61. The molecule has 0 saturated carbocycles. The maximum absolute atomic E-state index is 13.8. The number of fused-ring (bicyclic) bond motifs is 1. The van der Waals surface area contributed by atoms with Gasteiger partial charge in [-0.15, -0.1) is 0 Å². The van der Waals surface area contributed by atoms with Gasteiger partial charge in [0.1, 0.15) is 6.54 Å². The van der Waals surface area contributed by atoms with Crippen LogP contribution in [0.3, 0.4) is 0 Å². The zero-order valence-corrected chi connectivity index (χ0v) is 22.3. The van der Waals surface area contributed by atoms with Gasteiger partial charge in [-0.3, -0.25) is 9.59 Å². The molecular formula is C28H31Cl2N3O3. The minimum absolute atomic E-state index is 0.0809. The van der Waals surface area contributed by atoms with Gasteiger partial charge >= 0.3 is 0 Å². The van der Waals surface area contributed by atoms with Crippen LogP contribution in [0.2, 0.25) is 10.0 Å². The van der Waals surface area contributed by atoms with Crippen molar-refractivity contribution in [1.82, 2.24) is 14.4 Å². The van der Waals surface area contributed by atoms with E-state index in [0.717, 1.165) is 11.3 Å². The fourth-order valence-corrected chi connectivity index (χ4v) is 5.10. The van der Waals surface area contributed by atoms with Crippen molar-refractivity contribution in [3.8, 4) is 0 Å². The number of carbonyl (C=O) groups excluding carboxylic acids is 2. The second kappa shape index (κ2) is 11.5. The Kier molecular flexibility index (Phi) is 8.39. The second-order valence-electron chi connectivity index (χ2n) is 9.28. The molecule has 8 heteroatoms. The van der Waals surface area contributed by atoms with E-state index in [1.54, 1.807) is 19.2 Å². The summed E-state index contributed by atoms with van der Waals surface area (Å²) in [6.45, 7) is 6.05. The summed E-state index contributed by atoms with van der Waals surface area (Å²) in [6.07, 6.45) is 2.05. The molecule has 1 unspecified atom stereocenters. The molecule has 0 radical (unpaired) electrons. The zero-order valence-electron chi connectivity index (χ0n) is 20.8. The first-order valence-electron chi connectivity index (χ1n) is 12.1. The maximum atomic E-state index is 13.8. The minimum atomic E-state index is -0.333. The number of rotatable bonds is 8. The molecule has 6 nitrogen and oxygen atoms in total. The summed E-state index contributed by atoms with van der Waals surface area (Å²) in [7, 11) is 1.56. The molecule has 4 rings (SSSR count). The predicted octanol–water partition coefficient (Wildman–Crippen LogP) is 5.64. The molecule has 2 heterocycles. The highest BCUT2D eigenvalue weighted by atomic mass is 35.5. The summed E-state index contributed by atoms with van der Waals surface area (Å²) in [5, 5.41) is 0.694. The number of amides is 2. The third-order valence-electron chi connectivity index (χ3n) is 6.62. The van der Waals surface area contributed by atoms with Crippen LogP contribution in [-0.2, 0) is 16.1 Å². The summed E-state index contributed by atoms with van der Waals surface area (Å²) in [5.74, 6) is -0.0396. The van der Waals surface area contributed by atoms with Gasteiger partial charge in [-0.1, -0.05) is 61.3 Å². The molecule has 0 N–H and O–H groups in total. The largest absolute Gasteiger partial charge is 0.383 e. The van der Waals surface area contributed by atoms with E-state index < -0.39 is 0 Å². The molecule has 1 aliphatic rings. The molecule has 1 aromatic heterocycles. The van der Waals surface area contributed by atoms with Crippen LogP contribution < -0.4 is 0 Å². The number of ether oxygens (including phenoxy) is 1. The molecule has 2 amide bonds. The van der Waals surface area contributed by atoms with Crippen LogP contribution in [0.25, 0.3) is 0 Å². The Hall–Kier alpha value is -2.80. The van der Waals surface area contributed by atoms with Gasteiger partial charge in [0, 0.05) is 43.7 Å². The quantitative estimate of drug-likeness (QED) is 0.381. The van der Waals surface area contributed by atoms with Gasteiger partial charge in [-0.25, -0.2) is 0 Å². The molecule has 1 atom stereocenters. The molecule has 190 valence electrons. The molecule has 3 aromatic rings. The second-order valence-corrected chi connectivity index (χ2v) is 10.1. The Morgan fingerprint density at radius 1 is 1.08 bits per heavy atom. The summed E-state index contributed by atoms with van der Waals surface area (Å²) < 4.78 is 7.40. The van der Waals surface area contributed by atoms with Crippen molar-refractivity contribution in [3.63, 3.8) is 0 Å². The Bertz CT molecular complexity index is 1220. The molecule has 36 heavy (non-hydrogen) atoms. The first kappa shape index (κ1) is 26.3. The van der Waals surface area contributed by atoms with E-state index in [1.165, 1.54) is 16.5 Å². The smallest absolute Gasteiger partial charge is 0.255 e. The van der Waals surface area contributed by atoms with Crippen LogP contribution in [0.15, 0.2) is 60.8 Å². The van der Waals surface area contributed by atoms with Gasteiger partial charge in [0.25, 0.3) is 5.91 Å². The van der Waals surface area contributed by atoms with Gasteiger partial charge in [-0.05, 0) is 47.4 Å². The summed E-state index contributed by atoms with van der Waals surface area (Å²) in [6, 6.07) is 17.0. The van der Waals surface area contributed by atoms with Crippen molar-refractivity contribution in [1.29, 1.82) is 0 Å². The van der Waals surface area contributed by atoms with E-state index in [2.05, 4.69) is 48.7 Å². The van der Waals surface area contributed by atoms with Crippen LogP contribution >= 0.6 is 23.2 Å². The van der Waals surface area contributed by atoms with Crippen molar-refractivity contribution in [2.75, 3.05) is 33.4 Å². The molecule has 0 fully saturated rings. The average molecular weight is 528 g/mol. The topological polar surface area (TPSA) is 54.8 Å². The van der Waals surface area contributed by atoms with Crippen molar-refractivity contribution >= 4 is 35.0 Å². The Labute approximate surface area is 222 Å². The highest BCUT2D eigenvalue weighted by Crippen LogP contribution is 2.33. The summed E-state index contributed by atoms with van der Waals surface area (Å²) >= 11 is 12.3. The number of hydrogen-bond donors (Lipinski definition) is 0. The highest BCUT2D eigenvalue weighted by Gasteiger charge is 2.33. The van der Waals surface area contributed by atoms with E-state index >= 15 is 0 Å². The average Bonchev–Trinajstić information content (AvgIpc) is 3.34. The molecule has 0 bridgehead atoms. The number of aromatic nitrogens is 1. The normalized spacial score (nSPS) is 15.2. The number of methoxy groups -OCH3 is 1. The lowest BCUT2D eigenvalue weighted by Gasteiger charge is -2.38. The molecule has 0 spiro atoms. The molecule has 1 aliphatic heterocycles. The van der Waals surface area contributed by atoms with E-state index in [9.17, 15) is 9.59 Å². The summed E-state index contributed by atoms with van der Waals surface area (Å²) in [4.78, 5) is 30.5. The van der Waals surface area contributed by atoms with Crippen molar-refractivity contribution in [2.45, 2.75) is 32.4 Å². The van der Waals surface area contributed by atoms with Gasteiger partial charge in [-0.2, -0.15) is 0 Å². The van der Waals surface area contributed by atoms with Crippen LogP contribution in [0.5, 0.6) is 0 Å². The first-order valence-corrected chi connectivity index (χ1v) is 12.8. The lowest BCUT2D eigenvalue weighted by atomic mass is 9.95. The van der Waals surface area contributed by atoms with E-state index in [1.807, 2.05) is 17.2 Å². The number of benzene rings is 2. The highest BCUT2D eigenvalue weighted by molar-refractivity contribution is 6.36. The van der Waals surface area contributed by atoms with Crippen molar-refractivity contribution in [2.24, 2.45) is 0 Å². The van der Waals surface area contributed by atoms with Gasteiger partial charge in [0.2, 0.25) is 5.91 Å². The fraction of sp³-hybridized carbons (Fsp3) is 0.357. The van der Waals surface area contributed by atoms with E-state index in [4.69, 9.17) is 27.9 Å². The Morgan fingerprint density at radius 2 is 1.83 bits per heavy atom. The number of nitrogens with zero attached hydrogens (tertiary/aromatic N) is 3. The van der Waals surface area contributed by atoms with E-state index in [0.29, 0.717) is 36.2 Å². The SMILES string of the molecule is COCCN(CC(=O)N1CCn2cccc2C1c1ccc(C(C)C)cc1)C(=O)c1ccc(Cl)cc1Cl. The van der Waals surface area contributed by atoms with Gasteiger partial charge < -0.3 is 19.1 Å². The number of carbonyl (C=O) groups is 2. The Morgan fingerprint density at radius 3 is 2.50 bits per heavy atom. The number of hydrogen-bond acceptors (Lipinski definition) is 3. The lowest BCUT2D eigenvalue weighted by molar-refractivity contribution is -0.134. The zero-order chi connectivity index (χ0) is 25.8. The monoisotopic (exact) mass is 527 g/mol. The van der Waals surface area contributed by atoms with E-state index in [-0.39, 0.29) is 36.0 Å². The van der Waals surface area contributed by atoms with Crippen molar-refractivity contribution in [3.05, 3.63) is 93.2 Å². The lowest BCUT2D eigenvalue weighted by Crippen LogP contribution is -2.48. The molecule has 2 aromatic carbocycles. The fourth-order valence-electron chi connectivity index (χ4n) is 4.61. The minimum Gasteiger partial charge on any atom is -0.383 e. The Balaban J connectivity index is 1.62. The van der Waals surface area contributed by atoms with Crippen LogP contribution in [0.4, 0.5) is 0 Å². The third-order valence-corrected chi connectivity index (χ3v) is 7.17. The van der Waals surface area contributed by atoms with Gasteiger partial charge in [0.15, 0.2) is 0 Å². The predicted molar refractivity (Wildman–Crippen MR) is 143 cm³/mol. The standard InChI is InChI=1S/C28H31Cl2N3O3/c1-19(2)20-6-8-21(9-7-20)27-25-5-4-12-31(25)13-14-33(27)26(34)18-32(15-16-36-3)28(35)23-11-10-22(29)17-24(23)30/h4-12,17,19,27H,13-16,18H2,1-3H3. The first-order chi connectivity index (χ1) is 17.3. The van der Waals surface area contributed by atoms with Crippen LogP contribution in [0.1, 0.15) is 53.0 Å². The molecular weight excluding hydrogens is 497 g/mol. The maximum Gasteiger partial charge on any atom is 0.255 e. The molecule has 0 aliphatic carbocycles. The molecule has 0 saturated heterocycles. The van der Waals surface area contributed by atoms with Gasteiger partial charge in [0.05, 0.1) is 23.2 Å². The van der Waals surface area contributed by atoms with Crippen LogP contribution in [-0.4, -0.2) is 59.5 Å². The summed E-state index contributed by atoms with van der Waals surface area (Å²) in [5.41, 5.74) is 3.66. The number of halogens is 2. The van der Waals surface area contributed by atoms with Crippen LogP contribution in [0, 0.1) is 0 Å². The van der Waals surface area contributed by atoms with Crippen molar-refractivity contribution < 1.29 is 14.3 Å².